The predicted molar refractivity (Wildman–Crippen MR) is 75.5 cm³/mol. The molecule has 0 aromatic heterocycles. The molecule has 0 aliphatic heterocycles. The summed E-state index contributed by atoms with van der Waals surface area (Å²) in [6.07, 6.45) is 4.66. The summed E-state index contributed by atoms with van der Waals surface area (Å²) in [6.45, 7) is 0.769. The van der Waals surface area contributed by atoms with Crippen molar-refractivity contribution in [3.63, 3.8) is 0 Å². The van der Waals surface area contributed by atoms with Crippen LogP contribution in [0.1, 0.15) is 37.2 Å². The molecule has 2 saturated carbocycles. The lowest BCUT2D eigenvalue weighted by Gasteiger charge is -2.37. The summed E-state index contributed by atoms with van der Waals surface area (Å²) in [6, 6.07) is 8.98. The first-order valence-electron chi connectivity index (χ1n) is 7.31. The van der Waals surface area contributed by atoms with Crippen LogP contribution in [0.3, 0.4) is 0 Å². The molecule has 1 aromatic rings. The monoisotopic (exact) mass is 261 g/mol. The predicted octanol–water partition coefficient (Wildman–Crippen LogP) is 2.30. The Morgan fingerprint density at radius 1 is 1.26 bits per heavy atom. The van der Waals surface area contributed by atoms with Gasteiger partial charge in [-0.15, -0.1) is 0 Å². The minimum atomic E-state index is -0.125. The fraction of sp³-hybridized carbons (Fsp3) is 0.625. The van der Waals surface area contributed by atoms with E-state index in [1.807, 2.05) is 12.1 Å². The van der Waals surface area contributed by atoms with Crippen LogP contribution in [-0.4, -0.2) is 30.9 Å². The van der Waals surface area contributed by atoms with Gasteiger partial charge >= 0.3 is 0 Å². The molecule has 2 fully saturated rings. The zero-order valence-electron chi connectivity index (χ0n) is 11.5. The Kier molecular flexibility index (Phi) is 3.76. The van der Waals surface area contributed by atoms with Crippen molar-refractivity contribution in [2.24, 2.45) is 5.92 Å². The normalized spacial score (nSPS) is 27.7. The maximum Gasteiger partial charge on any atom is 0.118 e. The Balaban J connectivity index is 1.41. The SMILES string of the molecule is COc1ccc(C2CC(NCC(O)C3CC3)C2)cc1. The van der Waals surface area contributed by atoms with E-state index < -0.39 is 0 Å². The van der Waals surface area contributed by atoms with Gasteiger partial charge in [-0.1, -0.05) is 12.1 Å². The van der Waals surface area contributed by atoms with Gasteiger partial charge in [-0.2, -0.15) is 0 Å². The Hall–Kier alpha value is -1.06. The molecule has 1 atom stereocenters. The van der Waals surface area contributed by atoms with Gasteiger partial charge in [0.05, 0.1) is 13.2 Å². The molecular weight excluding hydrogens is 238 g/mol. The van der Waals surface area contributed by atoms with E-state index in [4.69, 9.17) is 4.74 Å². The molecule has 0 amide bonds. The van der Waals surface area contributed by atoms with Crippen molar-refractivity contribution in [2.45, 2.75) is 43.7 Å². The molecule has 1 aromatic carbocycles. The van der Waals surface area contributed by atoms with E-state index >= 15 is 0 Å². The molecular formula is C16H23NO2. The van der Waals surface area contributed by atoms with Crippen molar-refractivity contribution < 1.29 is 9.84 Å². The lowest BCUT2D eigenvalue weighted by atomic mass is 9.76. The van der Waals surface area contributed by atoms with Crippen molar-refractivity contribution in [2.75, 3.05) is 13.7 Å². The maximum absolute atomic E-state index is 9.82. The average Bonchev–Trinajstić information content (AvgIpc) is 3.21. The number of benzene rings is 1. The van der Waals surface area contributed by atoms with Gasteiger partial charge in [-0.05, 0) is 55.2 Å². The first-order valence-corrected chi connectivity index (χ1v) is 7.31. The minimum Gasteiger partial charge on any atom is -0.497 e. The summed E-state index contributed by atoms with van der Waals surface area (Å²) in [5.74, 6) is 2.16. The largest absolute Gasteiger partial charge is 0.497 e. The van der Waals surface area contributed by atoms with Gasteiger partial charge in [0.2, 0.25) is 0 Å². The highest BCUT2D eigenvalue weighted by Crippen LogP contribution is 2.38. The zero-order chi connectivity index (χ0) is 13.2. The smallest absolute Gasteiger partial charge is 0.118 e. The topological polar surface area (TPSA) is 41.5 Å². The highest BCUT2D eigenvalue weighted by molar-refractivity contribution is 5.30. The lowest BCUT2D eigenvalue weighted by Crippen LogP contribution is -2.43. The molecule has 3 nitrogen and oxygen atoms in total. The third kappa shape index (κ3) is 3.10. The van der Waals surface area contributed by atoms with Gasteiger partial charge in [0.15, 0.2) is 0 Å². The second-order valence-electron chi connectivity index (χ2n) is 5.95. The van der Waals surface area contributed by atoms with E-state index in [-0.39, 0.29) is 6.10 Å². The van der Waals surface area contributed by atoms with Gasteiger partial charge in [0.25, 0.3) is 0 Å². The number of aliphatic hydroxyl groups is 1. The molecule has 0 spiro atoms. The maximum atomic E-state index is 9.82. The van der Waals surface area contributed by atoms with Crippen LogP contribution in [0.15, 0.2) is 24.3 Å². The van der Waals surface area contributed by atoms with E-state index in [1.165, 1.54) is 31.2 Å². The number of rotatable bonds is 6. The van der Waals surface area contributed by atoms with E-state index in [2.05, 4.69) is 17.4 Å². The summed E-state index contributed by atoms with van der Waals surface area (Å²) in [7, 11) is 1.70. The van der Waals surface area contributed by atoms with Crippen LogP contribution in [-0.2, 0) is 0 Å². The van der Waals surface area contributed by atoms with E-state index in [9.17, 15) is 5.11 Å². The fourth-order valence-electron chi connectivity index (χ4n) is 2.87. The third-order valence-corrected chi connectivity index (χ3v) is 4.51. The first kappa shape index (κ1) is 12.9. The summed E-state index contributed by atoms with van der Waals surface area (Å²) in [4.78, 5) is 0. The van der Waals surface area contributed by atoms with Gasteiger partial charge in [0, 0.05) is 12.6 Å². The minimum absolute atomic E-state index is 0.125. The molecule has 0 radical (unpaired) electrons. The van der Waals surface area contributed by atoms with E-state index in [0.29, 0.717) is 17.9 Å². The molecule has 2 N–H and O–H groups in total. The van der Waals surface area contributed by atoms with E-state index in [1.54, 1.807) is 7.11 Å². The van der Waals surface area contributed by atoms with Gasteiger partial charge < -0.3 is 15.2 Å². The zero-order valence-corrected chi connectivity index (χ0v) is 11.5. The summed E-state index contributed by atoms with van der Waals surface area (Å²) < 4.78 is 5.17. The fourth-order valence-corrected chi connectivity index (χ4v) is 2.87. The van der Waals surface area contributed by atoms with Crippen LogP contribution in [0.4, 0.5) is 0 Å². The lowest BCUT2D eigenvalue weighted by molar-refractivity contribution is 0.135. The number of methoxy groups -OCH3 is 1. The molecule has 0 heterocycles. The summed E-state index contributed by atoms with van der Waals surface area (Å²) >= 11 is 0. The second-order valence-corrected chi connectivity index (χ2v) is 5.95. The standard InChI is InChI=1S/C16H23NO2/c1-19-15-6-4-11(5-7-15)13-8-14(9-13)17-10-16(18)12-2-3-12/h4-7,12-14,16-18H,2-3,8-10H2,1H3. The molecule has 3 heteroatoms. The molecule has 1 unspecified atom stereocenters. The number of aliphatic hydroxyl groups excluding tert-OH is 1. The number of hydrogen-bond acceptors (Lipinski definition) is 3. The van der Waals surface area contributed by atoms with Gasteiger partial charge in [-0.3, -0.25) is 0 Å². The van der Waals surface area contributed by atoms with Crippen LogP contribution in [0, 0.1) is 5.92 Å². The highest BCUT2D eigenvalue weighted by Gasteiger charge is 2.33. The number of hydrogen-bond donors (Lipinski definition) is 2. The van der Waals surface area contributed by atoms with Crippen LogP contribution >= 0.6 is 0 Å². The molecule has 3 rings (SSSR count). The Labute approximate surface area is 115 Å². The summed E-state index contributed by atoms with van der Waals surface area (Å²) in [5.41, 5.74) is 1.40. The Morgan fingerprint density at radius 3 is 2.53 bits per heavy atom. The van der Waals surface area contributed by atoms with Crippen molar-refractivity contribution in [1.82, 2.24) is 5.32 Å². The van der Waals surface area contributed by atoms with Gasteiger partial charge in [0.1, 0.15) is 5.75 Å². The highest BCUT2D eigenvalue weighted by atomic mass is 16.5. The quantitative estimate of drug-likeness (QED) is 0.825. The molecule has 104 valence electrons. The van der Waals surface area contributed by atoms with Crippen LogP contribution in [0.5, 0.6) is 5.75 Å². The Morgan fingerprint density at radius 2 is 1.95 bits per heavy atom. The van der Waals surface area contributed by atoms with Crippen LogP contribution in [0.2, 0.25) is 0 Å². The van der Waals surface area contributed by atoms with Crippen molar-refractivity contribution in [1.29, 1.82) is 0 Å². The summed E-state index contributed by atoms with van der Waals surface area (Å²) in [5, 5.41) is 13.3. The molecule has 19 heavy (non-hydrogen) atoms. The van der Waals surface area contributed by atoms with Crippen LogP contribution in [0.25, 0.3) is 0 Å². The Bertz CT molecular complexity index is 407. The van der Waals surface area contributed by atoms with Crippen molar-refractivity contribution >= 4 is 0 Å². The average molecular weight is 261 g/mol. The molecule has 2 aliphatic carbocycles. The number of ether oxygens (including phenoxy) is 1. The van der Waals surface area contributed by atoms with E-state index in [0.717, 1.165) is 12.3 Å². The number of nitrogens with one attached hydrogen (secondary N) is 1. The third-order valence-electron chi connectivity index (χ3n) is 4.51. The first-order chi connectivity index (χ1) is 9.26. The molecule has 0 saturated heterocycles. The van der Waals surface area contributed by atoms with Crippen molar-refractivity contribution in [3.05, 3.63) is 29.8 Å². The molecule has 0 bridgehead atoms. The second kappa shape index (κ2) is 5.51. The van der Waals surface area contributed by atoms with Gasteiger partial charge in [-0.25, -0.2) is 0 Å². The van der Waals surface area contributed by atoms with Crippen molar-refractivity contribution in [3.8, 4) is 5.75 Å². The molecule has 2 aliphatic rings. The van der Waals surface area contributed by atoms with Crippen LogP contribution < -0.4 is 10.1 Å².